The molecular weight excluding hydrogens is 296 g/mol. The summed E-state index contributed by atoms with van der Waals surface area (Å²) in [6.07, 6.45) is -10.7. The maximum absolute atomic E-state index is 12.8. The summed E-state index contributed by atoms with van der Waals surface area (Å²) in [6.45, 7) is 0.478. The summed E-state index contributed by atoms with van der Waals surface area (Å²) < 4.78 is 102. The summed E-state index contributed by atoms with van der Waals surface area (Å²) in [4.78, 5) is 21.1. The number of ether oxygens (including phenoxy) is 1. The van der Waals surface area contributed by atoms with Gasteiger partial charge in [0.2, 0.25) is 0 Å². The third-order valence-electron chi connectivity index (χ3n) is 1.78. The van der Waals surface area contributed by atoms with E-state index in [1.165, 1.54) is 0 Å². The van der Waals surface area contributed by atoms with Crippen molar-refractivity contribution in [3.63, 3.8) is 0 Å². The van der Waals surface area contributed by atoms with E-state index < -0.39 is 42.6 Å². The van der Waals surface area contributed by atoms with Crippen molar-refractivity contribution in [2.75, 3.05) is 6.61 Å². The van der Waals surface area contributed by atoms with E-state index in [0.29, 0.717) is 0 Å². The minimum Gasteiger partial charge on any atom is -0.463 e. The Morgan fingerprint density at radius 3 is 1.79 bits per heavy atom. The van der Waals surface area contributed by atoms with Gasteiger partial charge in [-0.1, -0.05) is 0 Å². The van der Waals surface area contributed by atoms with Crippen molar-refractivity contribution in [3.05, 3.63) is 0 Å². The molecule has 0 bridgehead atoms. The lowest BCUT2D eigenvalue weighted by molar-refractivity contribution is -0.344. The summed E-state index contributed by atoms with van der Waals surface area (Å²) in [5.74, 6) is -19.0. The summed E-state index contributed by atoms with van der Waals surface area (Å²) in [6, 6.07) is 0. The third kappa shape index (κ3) is 3.13. The van der Waals surface area contributed by atoms with Gasteiger partial charge in [-0.3, -0.25) is 4.79 Å². The van der Waals surface area contributed by atoms with Gasteiger partial charge in [0.1, 0.15) is 0 Å². The zero-order chi connectivity index (χ0) is 15.6. The summed E-state index contributed by atoms with van der Waals surface area (Å²) >= 11 is 0. The second kappa shape index (κ2) is 5.29. The smallest absolute Gasteiger partial charge is 0.460 e. The van der Waals surface area contributed by atoms with Crippen LogP contribution in [0.4, 0.5) is 35.1 Å². The second-order valence-corrected chi connectivity index (χ2v) is 3.13. The first kappa shape index (κ1) is 17.6. The van der Waals surface area contributed by atoms with Crippen LogP contribution >= 0.6 is 0 Å². The summed E-state index contributed by atoms with van der Waals surface area (Å²) in [5, 5.41) is 0. The number of halogens is 8. The standard InChI is InChI=1S/C8H6F8O3/c1-2-19-5(18)3(9)4(17)6(10,11)7(12,13)8(14,15)16/h3H,2H2,1H3. The SMILES string of the molecule is CCOC(=O)C(F)C(=O)C(F)(F)C(F)(F)C(F)(F)F. The number of hydrogen-bond donors (Lipinski definition) is 0. The highest BCUT2D eigenvalue weighted by atomic mass is 19.4. The first-order valence-electron chi connectivity index (χ1n) is 4.48. The molecule has 1 unspecified atom stereocenters. The van der Waals surface area contributed by atoms with Crippen LogP contribution < -0.4 is 0 Å². The Bertz CT molecular complexity index is 361. The molecule has 112 valence electrons. The van der Waals surface area contributed by atoms with Gasteiger partial charge in [-0.05, 0) is 6.92 Å². The average Bonchev–Trinajstić information content (AvgIpc) is 2.25. The highest BCUT2D eigenvalue weighted by Gasteiger charge is 2.77. The number of carbonyl (C=O) groups is 2. The largest absolute Gasteiger partial charge is 0.463 e. The van der Waals surface area contributed by atoms with Crippen molar-refractivity contribution >= 4 is 11.8 Å². The Balaban J connectivity index is 5.33. The van der Waals surface area contributed by atoms with Gasteiger partial charge < -0.3 is 4.74 Å². The molecule has 0 aliphatic rings. The van der Waals surface area contributed by atoms with Crippen LogP contribution in [0, 0.1) is 0 Å². The number of hydrogen-bond acceptors (Lipinski definition) is 3. The molecule has 0 aliphatic carbocycles. The van der Waals surface area contributed by atoms with Gasteiger partial charge in [-0.25, -0.2) is 9.18 Å². The highest BCUT2D eigenvalue weighted by Crippen LogP contribution is 2.47. The summed E-state index contributed by atoms with van der Waals surface area (Å²) in [7, 11) is 0. The molecule has 0 N–H and O–H groups in total. The molecule has 0 aromatic carbocycles. The minimum absolute atomic E-state index is 0.590. The molecule has 1 atom stereocenters. The first-order chi connectivity index (χ1) is 8.30. The van der Waals surface area contributed by atoms with Gasteiger partial charge >= 0.3 is 24.0 Å². The van der Waals surface area contributed by atoms with Crippen LogP contribution in [0.2, 0.25) is 0 Å². The molecule has 3 nitrogen and oxygen atoms in total. The van der Waals surface area contributed by atoms with Gasteiger partial charge in [-0.2, -0.15) is 30.7 Å². The van der Waals surface area contributed by atoms with Gasteiger partial charge in [0.15, 0.2) is 0 Å². The fourth-order valence-corrected chi connectivity index (χ4v) is 0.814. The van der Waals surface area contributed by atoms with E-state index in [9.17, 15) is 44.7 Å². The maximum Gasteiger partial charge on any atom is 0.460 e. The Kier molecular flexibility index (Phi) is 4.90. The monoisotopic (exact) mass is 302 g/mol. The van der Waals surface area contributed by atoms with Crippen LogP contribution in [0.3, 0.4) is 0 Å². The minimum atomic E-state index is -6.81. The zero-order valence-electron chi connectivity index (χ0n) is 9.03. The molecule has 0 aromatic heterocycles. The first-order valence-corrected chi connectivity index (χ1v) is 4.48. The Hall–Kier alpha value is -1.42. The molecule has 11 heteroatoms. The fraction of sp³-hybridized carbons (Fsp3) is 0.750. The number of rotatable bonds is 5. The molecule has 0 fully saturated rings. The molecule has 0 amide bonds. The van der Waals surface area contributed by atoms with E-state index in [1.807, 2.05) is 0 Å². The predicted octanol–water partition coefficient (Wildman–Crippen LogP) is 2.29. The molecule has 0 radical (unpaired) electrons. The number of Topliss-reactive ketones (excluding diaryl/α,β-unsaturated/α-hetero) is 1. The lowest BCUT2D eigenvalue weighted by atomic mass is 10.0. The van der Waals surface area contributed by atoms with Crippen molar-refractivity contribution in [1.29, 1.82) is 0 Å². The van der Waals surface area contributed by atoms with E-state index in [0.717, 1.165) is 6.92 Å². The van der Waals surface area contributed by atoms with Crippen molar-refractivity contribution in [3.8, 4) is 0 Å². The number of carbonyl (C=O) groups excluding carboxylic acids is 2. The molecule has 0 heterocycles. The number of esters is 1. The quantitative estimate of drug-likeness (QED) is 0.444. The second-order valence-electron chi connectivity index (χ2n) is 3.13. The highest BCUT2D eigenvalue weighted by molar-refractivity contribution is 6.05. The molecule has 19 heavy (non-hydrogen) atoms. The number of alkyl halides is 8. The summed E-state index contributed by atoms with van der Waals surface area (Å²) in [5.41, 5.74) is 0. The third-order valence-corrected chi connectivity index (χ3v) is 1.78. The van der Waals surface area contributed by atoms with Crippen molar-refractivity contribution in [2.45, 2.75) is 31.1 Å². The Morgan fingerprint density at radius 1 is 1.05 bits per heavy atom. The van der Waals surface area contributed by atoms with Crippen molar-refractivity contribution in [1.82, 2.24) is 0 Å². The molecule has 0 spiro atoms. The van der Waals surface area contributed by atoms with E-state index >= 15 is 0 Å². The van der Waals surface area contributed by atoms with Crippen LogP contribution in [0.15, 0.2) is 0 Å². The van der Waals surface area contributed by atoms with Crippen LogP contribution in [-0.2, 0) is 14.3 Å². The van der Waals surface area contributed by atoms with Crippen molar-refractivity contribution < 1.29 is 49.4 Å². The van der Waals surface area contributed by atoms with E-state index in [2.05, 4.69) is 4.74 Å². The molecule has 0 rings (SSSR count). The lowest BCUT2D eigenvalue weighted by Gasteiger charge is -2.27. The van der Waals surface area contributed by atoms with E-state index in [1.54, 1.807) is 0 Å². The van der Waals surface area contributed by atoms with Crippen LogP contribution in [0.5, 0.6) is 0 Å². The predicted molar refractivity (Wildman–Crippen MR) is 42.5 cm³/mol. The number of ketones is 1. The topological polar surface area (TPSA) is 43.4 Å². The zero-order valence-corrected chi connectivity index (χ0v) is 9.03. The van der Waals surface area contributed by atoms with E-state index in [-0.39, 0.29) is 0 Å². The lowest BCUT2D eigenvalue weighted by Crippen LogP contribution is -2.59. The van der Waals surface area contributed by atoms with Crippen LogP contribution in [0.1, 0.15) is 6.92 Å². The molecule has 0 saturated heterocycles. The van der Waals surface area contributed by atoms with Gasteiger partial charge in [0.25, 0.3) is 12.0 Å². The van der Waals surface area contributed by atoms with Crippen LogP contribution in [0.25, 0.3) is 0 Å². The molecular formula is C8H6F8O3. The average molecular weight is 302 g/mol. The Morgan fingerprint density at radius 2 is 1.47 bits per heavy atom. The fourth-order valence-electron chi connectivity index (χ4n) is 0.814. The van der Waals surface area contributed by atoms with Gasteiger partial charge in [0, 0.05) is 0 Å². The van der Waals surface area contributed by atoms with Gasteiger partial charge in [0.05, 0.1) is 6.61 Å². The normalized spacial score (nSPS) is 15.0. The van der Waals surface area contributed by atoms with Crippen LogP contribution in [-0.4, -0.2) is 42.6 Å². The Labute approximate surface area is 100 Å². The maximum atomic E-state index is 12.8. The van der Waals surface area contributed by atoms with E-state index in [4.69, 9.17) is 0 Å². The molecule has 0 aromatic rings. The van der Waals surface area contributed by atoms with Gasteiger partial charge in [-0.15, -0.1) is 0 Å². The molecule has 0 aliphatic heterocycles. The van der Waals surface area contributed by atoms with Crippen molar-refractivity contribution in [2.24, 2.45) is 0 Å². The molecule has 0 saturated carbocycles.